The van der Waals surface area contributed by atoms with Gasteiger partial charge in [-0.3, -0.25) is 4.79 Å². The summed E-state index contributed by atoms with van der Waals surface area (Å²) in [6.07, 6.45) is 3.94. The number of aliphatic imine (C=N–C) groups is 1. The summed E-state index contributed by atoms with van der Waals surface area (Å²) in [5, 5.41) is 6.61. The van der Waals surface area contributed by atoms with Crippen molar-refractivity contribution in [2.24, 2.45) is 4.99 Å². The molecule has 3 unspecified atom stereocenters. The van der Waals surface area contributed by atoms with Gasteiger partial charge in [-0.05, 0) is 26.2 Å². The van der Waals surface area contributed by atoms with Gasteiger partial charge in [-0.2, -0.15) is 0 Å². The molecule has 2 heterocycles. The molecule has 6 nitrogen and oxygen atoms in total. The Hall–Kier alpha value is -1.56. The summed E-state index contributed by atoms with van der Waals surface area (Å²) in [6, 6.07) is 0.287. The van der Waals surface area contributed by atoms with Crippen molar-refractivity contribution < 1.29 is 9.53 Å². The third-order valence-electron chi connectivity index (χ3n) is 3.86. The Morgan fingerprint density at radius 2 is 2.19 bits per heavy atom. The van der Waals surface area contributed by atoms with E-state index < -0.39 is 0 Å². The van der Waals surface area contributed by atoms with Gasteiger partial charge in [0.15, 0.2) is 5.96 Å². The minimum absolute atomic E-state index is 0.0179. The molecule has 21 heavy (non-hydrogen) atoms. The van der Waals surface area contributed by atoms with Gasteiger partial charge in [-0.25, -0.2) is 4.99 Å². The van der Waals surface area contributed by atoms with Crippen LogP contribution in [0.25, 0.3) is 0 Å². The molecule has 1 amide bonds. The van der Waals surface area contributed by atoms with Crippen molar-refractivity contribution in [2.75, 3.05) is 27.2 Å². The predicted molar refractivity (Wildman–Crippen MR) is 83.2 cm³/mol. The maximum atomic E-state index is 11.7. The third kappa shape index (κ3) is 4.46. The molecule has 118 valence electrons. The van der Waals surface area contributed by atoms with Crippen LogP contribution in [0.4, 0.5) is 0 Å². The standard InChI is InChI=1S/C15H26N4O2/c1-10(2)8-16-15(17-9-14(20)19(3)4)18-12-7-11-5-6-13(12)21-11/h11-13H,1,5-9H2,2-4H3,(H2,16,17,18). The second-order valence-corrected chi connectivity index (χ2v) is 6.12. The average Bonchev–Trinajstić information content (AvgIpc) is 3.03. The summed E-state index contributed by atoms with van der Waals surface area (Å²) in [7, 11) is 3.46. The smallest absolute Gasteiger partial charge is 0.243 e. The van der Waals surface area contributed by atoms with E-state index in [1.54, 1.807) is 19.0 Å². The maximum Gasteiger partial charge on any atom is 0.243 e. The van der Waals surface area contributed by atoms with Gasteiger partial charge in [0.1, 0.15) is 6.54 Å². The highest BCUT2D eigenvalue weighted by Gasteiger charge is 2.41. The molecule has 2 saturated heterocycles. The maximum absolute atomic E-state index is 11.7. The lowest BCUT2D eigenvalue weighted by Gasteiger charge is -2.23. The summed E-state index contributed by atoms with van der Waals surface area (Å²) in [5.41, 5.74) is 1.02. The highest BCUT2D eigenvalue weighted by atomic mass is 16.5. The van der Waals surface area contributed by atoms with Gasteiger partial charge in [0, 0.05) is 20.6 Å². The Kier molecular flexibility index (Phi) is 5.22. The van der Waals surface area contributed by atoms with Crippen LogP contribution in [0.5, 0.6) is 0 Å². The predicted octanol–water partition coefficient (Wildman–Crippen LogP) is 0.506. The van der Waals surface area contributed by atoms with Crippen molar-refractivity contribution in [3.05, 3.63) is 12.2 Å². The Morgan fingerprint density at radius 3 is 2.71 bits per heavy atom. The van der Waals surface area contributed by atoms with E-state index in [9.17, 15) is 4.79 Å². The van der Waals surface area contributed by atoms with E-state index in [4.69, 9.17) is 4.74 Å². The molecule has 2 N–H and O–H groups in total. The first-order chi connectivity index (χ1) is 9.95. The lowest BCUT2D eigenvalue weighted by molar-refractivity contribution is -0.127. The highest BCUT2D eigenvalue weighted by Crippen LogP contribution is 2.34. The van der Waals surface area contributed by atoms with E-state index in [1.807, 2.05) is 6.92 Å². The number of carbonyl (C=O) groups excluding carboxylic acids is 1. The fraction of sp³-hybridized carbons (Fsp3) is 0.733. The second-order valence-electron chi connectivity index (χ2n) is 6.12. The van der Waals surface area contributed by atoms with Crippen molar-refractivity contribution in [1.82, 2.24) is 15.5 Å². The van der Waals surface area contributed by atoms with Gasteiger partial charge < -0.3 is 20.3 Å². The molecular formula is C15H26N4O2. The van der Waals surface area contributed by atoms with Crippen LogP contribution in [0.3, 0.4) is 0 Å². The molecule has 3 atom stereocenters. The zero-order chi connectivity index (χ0) is 15.4. The van der Waals surface area contributed by atoms with E-state index in [0.717, 1.165) is 24.8 Å². The molecule has 2 aliphatic rings. The van der Waals surface area contributed by atoms with Crippen LogP contribution in [-0.2, 0) is 9.53 Å². The number of hydrogen-bond acceptors (Lipinski definition) is 3. The summed E-state index contributed by atoms with van der Waals surface area (Å²) < 4.78 is 5.84. The van der Waals surface area contributed by atoms with E-state index in [0.29, 0.717) is 18.6 Å². The number of nitrogens with zero attached hydrogens (tertiary/aromatic N) is 2. The van der Waals surface area contributed by atoms with Crippen LogP contribution in [0.15, 0.2) is 17.1 Å². The van der Waals surface area contributed by atoms with E-state index in [-0.39, 0.29) is 24.6 Å². The van der Waals surface area contributed by atoms with Crippen LogP contribution in [0.2, 0.25) is 0 Å². The van der Waals surface area contributed by atoms with Crippen LogP contribution < -0.4 is 10.6 Å². The van der Waals surface area contributed by atoms with Crippen molar-refractivity contribution in [3.63, 3.8) is 0 Å². The first-order valence-electron chi connectivity index (χ1n) is 7.50. The zero-order valence-electron chi connectivity index (χ0n) is 13.2. The first-order valence-corrected chi connectivity index (χ1v) is 7.50. The number of fused-ring (bicyclic) bond motifs is 2. The molecular weight excluding hydrogens is 268 g/mol. The lowest BCUT2D eigenvalue weighted by Crippen LogP contribution is -2.48. The van der Waals surface area contributed by atoms with E-state index >= 15 is 0 Å². The minimum atomic E-state index is -0.0179. The Labute approximate surface area is 126 Å². The van der Waals surface area contributed by atoms with E-state index in [1.165, 1.54) is 0 Å². The number of guanidine groups is 1. The number of likely N-dealkylation sites (N-methyl/N-ethyl adjacent to an activating group) is 1. The quantitative estimate of drug-likeness (QED) is 0.440. The molecule has 0 radical (unpaired) electrons. The number of rotatable bonds is 5. The Morgan fingerprint density at radius 1 is 1.43 bits per heavy atom. The van der Waals surface area contributed by atoms with Crippen LogP contribution in [0, 0.1) is 0 Å². The summed E-state index contributed by atoms with van der Waals surface area (Å²) >= 11 is 0. The fourth-order valence-corrected chi connectivity index (χ4v) is 2.64. The van der Waals surface area contributed by atoms with Gasteiger partial charge in [0.2, 0.25) is 5.91 Å². The van der Waals surface area contributed by atoms with Crippen LogP contribution in [0.1, 0.15) is 26.2 Å². The van der Waals surface area contributed by atoms with E-state index in [2.05, 4.69) is 22.2 Å². The molecule has 0 aromatic rings. The topological polar surface area (TPSA) is 66.0 Å². The summed E-state index contributed by atoms with van der Waals surface area (Å²) in [4.78, 5) is 17.6. The van der Waals surface area contributed by atoms with Crippen molar-refractivity contribution >= 4 is 11.9 Å². The Bertz CT molecular complexity index is 433. The first kappa shape index (κ1) is 15.8. The Balaban J connectivity index is 1.92. The molecule has 6 heteroatoms. The number of hydrogen-bond donors (Lipinski definition) is 2. The number of nitrogens with one attached hydrogen (secondary N) is 2. The molecule has 0 aromatic heterocycles. The second kappa shape index (κ2) is 6.93. The van der Waals surface area contributed by atoms with Gasteiger partial charge >= 0.3 is 0 Å². The fourth-order valence-electron chi connectivity index (χ4n) is 2.64. The molecule has 2 rings (SSSR count). The van der Waals surface area contributed by atoms with Crippen molar-refractivity contribution in [2.45, 2.75) is 44.4 Å². The highest BCUT2D eigenvalue weighted by molar-refractivity contribution is 5.85. The monoisotopic (exact) mass is 294 g/mol. The molecule has 2 fully saturated rings. The van der Waals surface area contributed by atoms with Crippen LogP contribution >= 0.6 is 0 Å². The van der Waals surface area contributed by atoms with Gasteiger partial charge in [0.25, 0.3) is 0 Å². The van der Waals surface area contributed by atoms with Crippen LogP contribution in [-0.4, -0.2) is 62.2 Å². The molecule has 0 aromatic carbocycles. The molecule has 2 bridgehead atoms. The SMILES string of the molecule is C=C(C)CNC(=NCC(=O)N(C)C)NC1CC2CCC1O2. The van der Waals surface area contributed by atoms with Gasteiger partial charge in [-0.1, -0.05) is 12.2 Å². The summed E-state index contributed by atoms with van der Waals surface area (Å²) in [6.45, 7) is 6.61. The largest absolute Gasteiger partial charge is 0.373 e. The number of carbonyl (C=O) groups is 1. The average molecular weight is 294 g/mol. The normalized spacial score (nSPS) is 27.6. The summed E-state index contributed by atoms with van der Waals surface area (Å²) in [5.74, 6) is 0.643. The minimum Gasteiger partial charge on any atom is -0.373 e. The molecule has 2 aliphatic heterocycles. The molecule has 0 saturated carbocycles. The molecule has 0 spiro atoms. The number of ether oxygens (including phenoxy) is 1. The van der Waals surface area contributed by atoms with Crippen molar-refractivity contribution in [3.8, 4) is 0 Å². The lowest BCUT2D eigenvalue weighted by atomic mass is 9.96. The van der Waals surface area contributed by atoms with Gasteiger partial charge in [0.05, 0.1) is 18.2 Å². The molecule has 0 aliphatic carbocycles. The number of amides is 1. The zero-order valence-corrected chi connectivity index (χ0v) is 13.2. The van der Waals surface area contributed by atoms with Crippen molar-refractivity contribution in [1.29, 1.82) is 0 Å². The third-order valence-corrected chi connectivity index (χ3v) is 3.86. The van der Waals surface area contributed by atoms with Gasteiger partial charge in [-0.15, -0.1) is 0 Å².